The van der Waals surface area contributed by atoms with Gasteiger partial charge in [0, 0.05) is 11.4 Å². The second-order valence-electron chi connectivity index (χ2n) is 3.41. The summed E-state index contributed by atoms with van der Waals surface area (Å²) in [6.07, 6.45) is 0. The summed E-state index contributed by atoms with van der Waals surface area (Å²) in [5, 5.41) is 5.76. The maximum absolute atomic E-state index is 13.5. The molecular formula is C10H6F2N4S. The van der Waals surface area contributed by atoms with E-state index in [1.165, 1.54) is 21.9 Å². The summed E-state index contributed by atoms with van der Waals surface area (Å²) >= 11 is 1.31. The Bertz CT molecular complexity index is 703. The fourth-order valence-corrected chi connectivity index (χ4v) is 2.20. The van der Waals surface area contributed by atoms with Crippen molar-refractivity contribution in [3.63, 3.8) is 0 Å². The van der Waals surface area contributed by atoms with Crippen molar-refractivity contribution in [2.24, 2.45) is 0 Å². The summed E-state index contributed by atoms with van der Waals surface area (Å²) in [5.41, 5.74) is 5.80. The number of hydrogen-bond donors (Lipinski definition) is 1. The molecule has 7 heteroatoms. The molecule has 4 nitrogen and oxygen atoms in total. The predicted molar refractivity (Wildman–Crippen MR) is 60.6 cm³/mol. The Morgan fingerprint density at radius 1 is 1.29 bits per heavy atom. The van der Waals surface area contributed by atoms with Crippen LogP contribution in [0.15, 0.2) is 23.6 Å². The van der Waals surface area contributed by atoms with Crippen LogP contribution in [0.3, 0.4) is 0 Å². The minimum Gasteiger partial charge on any atom is -0.383 e. The van der Waals surface area contributed by atoms with Gasteiger partial charge in [0.1, 0.15) is 17.5 Å². The molecule has 17 heavy (non-hydrogen) atoms. The maximum atomic E-state index is 13.5. The van der Waals surface area contributed by atoms with E-state index in [-0.39, 0.29) is 11.4 Å². The lowest BCUT2D eigenvalue weighted by molar-refractivity contribution is 0.585. The van der Waals surface area contributed by atoms with Crippen molar-refractivity contribution in [2.75, 3.05) is 5.73 Å². The number of aromatic nitrogens is 3. The van der Waals surface area contributed by atoms with Crippen molar-refractivity contribution in [3.8, 4) is 11.4 Å². The van der Waals surface area contributed by atoms with Gasteiger partial charge in [0.25, 0.3) is 0 Å². The highest BCUT2D eigenvalue weighted by molar-refractivity contribution is 7.15. The van der Waals surface area contributed by atoms with Crippen LogP contribution in [0.2, 0.25) is 0 Å². The van der Waals surface area contributed by atoms with Crippen molar-refractivity contribution < 1.29 is 8.78 Å². The Kier molecular flexibility index (Phi) is 2.08. The highest BCUT2D eigenvalue weighted by Gasteiger charge is 2.13. The zero-order valence-electron chi connectivity index (χ0n) is 8.39. The summed E-state index contributed by atoms with van der Waals surface area (Å²) in [6.45, 7) is 0. The van der Waals surface area contributed by atoms with Gasteiger partial charge in [-0.15, -0.1) is 16.4 Å². The van der Waals surface area contributed by atoms with Crippen molar-refractivity contribution in [3.05, 3.63) is 35.2 Å². The van der Waals surface area contributed by atoms with Crippen LogP contribution in [0, 0.1) is 11.6 Å². The third-order valence-electron chi connectivity index (χ3n) is 2.28. The van der Waals surface area contributed by atoms with Gasteiger partial charge in [-0.2, -0.15) is 9.50 Å². The van der Waals surface area contributed by atoms with Crippen LogP contribution in [0.25, 0.3) is 16.3 Å². The average Bonchev–Trinajstić information content (AvgIpc) is 2.81. The summed E-state index contributed by atoms with van der Waals surface area (Å²) in [6, 6.07) is 3.27. The molecule has 0 bridgehead atoms. The molecule has 3 rings (SSSR count). The topological polar surface area (TPSA) is 56.2 Å². The van der Waals surface area contributed by atoms with Gasteiger partial charge in [-0.25, -0.2) is 8.78 Å². The Morgan fingerprint density at radius 2 is 2.12 bits per heavy atom. The summed E-state index contributed by atoms with van der Waals surface area (Å²) in [4.78, 5) is 4.69. The maximum Gasteiger partial charge on any atom is 0.214 e. The van der Waals surface area contributed by atoms with E-state index in [0.29, 0.717) is 10.8 Å². The molecule has 0 aliphatic rings. The van der Waals surface area contributed by atoms with Gasteiger partial charge in [0.15, 0.2) is 5.82 Å². The zero-order chi connectivity index (χ0) is 12.0. The number of rotatable bonds is 1. The SMILES string of the molecule is Nc1csc2nc(-c3ccc(F)cc3F)nn12. The Balaban J connectivity index is 2.20. The fourth-order valence-electron chi connectivity index (χ4n) is 1.49. The van der Waals surface area contributed by atoms with E-state index in [1.807, 2.05) is 0 Å². The van der Waals surface area contributed by atoms with Gasteiger partial charge >= 0.3 is 0 Å². The van der Waals surface area contributed by atoms with E-state index >= 15 is 0 Å². The van der Waals surface area contributed by atoms with E-state index in [1.54, 1.807) is 5.38 Å². The minimum atomic E-state index is -0.693. The fraction of sp³-hybridized carbons (Fsp3) is 0. The van der Waals surface area contributed by atoms with Gasteiger partial charge in [-0.3, -0.25) is 0 Å². The van der Waals surface area contributed by atoms with E-state index in [0.717, 1.165) is 12.1 Å². The molecule has 0 saturated heterocycles. The highest BCUT2D eigenvalue weighted by Crippen LogP contribution is 2.24. The van der Waals surface area contributed by atoms with Gasteiger partial charge in [-0.1, -0.05) is 0 Å². The monoisotopic (exact) mass is 252 g/mol. The molecule has 0 radical (unpaired) electrons. The second-order valence-corrected chi connectivity index (χ2v) is 4.25. The Hall–Kier alpha value is -2.02. The third kappa shape index (κ3) is 1.55. The molecule has 3 aromatic rings. The molecule has 0 spiro atoms. The smallest absolute Gasteiger partial charge is 0.214 e. The van der Waals surface area contributed by atoms with Crippen molar-refractivity contribution in [2.45, 2.75) is 0 Å². The van der Waals surface area contributed by atoms with Crippen LogP contribution in [-0.2, 0) is 0 Å². The number of fused-ring (bicyclic) bond motifs is 1. The molecule has 0 unspecified atom stereocenters. The number of thiazole rings is 1. The number of halogens is 2. The Labute approximate surface area is 98.3 Å². The standard InChI is InChI=1S/C10H6F2N4S/c11-5-1-2-6(7(12)3-5)9-14-10-16(15-9)8(13)4-17-10/h1-4H,13H2. The van der Waals surface area contributed by atoms with Gasteiger partial charge in [-0.05, 0) is 12.1 Å². The average molecular weight is 252 g/mol. The number of nitrogen functional groups attached to an aromatic ring is 1. The van der Waals surface area contributed by atoms with Crippen LogP contribution in [0.5, 0.6) is 0 Å². The first-order chi connectivity index (χ1) is 8.15. The van der Waals surface area contributed by atoms with Crippen LogP contribution >= 0.6 is 11.3 Å². The lowest BCUT2D eigenvalue weighted by Crippen LogP contribution is -1.93. The molecule has 0 amide bonds. The molecule has 0 atom stereocenters. The summed E-state index contributed by atoms with van der Waals surface area (Å²) in [7, 11) is 0. The van der Waals surface area contributed by atoms with E-state index in [2.05, 4.69) is 10.1 Å². The van der Waals surface area contributed by atoms with Crippen LogP contribution in [0.1, 0.15) is 0 Å². The number of benzene rings is 1. The van der Waals surface area contributed by atoms with Crippen molar-refractivity contribution >= 4 is 22.1 Å². The zero-order valence-corrected chi connectivity index (χ0v) is 9.21. The number of nitrogens with zero attached hydrogens (tertiary/aromatic N) is 3. The summed E-state index contributed by atoms with van der Waals surface area (Å²) in [5.74, 6) is -0.694. The molecular weight excluding hydrogens is 246 g/mol. The molecule has 2 aromatic heterocycles. The number of nitrogens with two attached hydrogens (primary N) is 1. The largest absolute Gasteiger partial charge is 0.383 e. The quantitative estimate of drug-likeness (QED) is 0.723. The molecule has 0 aliphatic carbocycles. The lowest BCUT2D eigenvalue weighted by Gasteiger charge is -1.97. The van der Waals surface area contributed by atoms with Crippen molar-refractivity contribution in [1.82, 2.24) is 14.6 Å². The van der Waals surface area contributed by atoms with Crippen LogP contribution < -0.4 is 5.73 Å². The Morgan fingerprint density at radius 3 is 2.82 bits per heavy atom. The van der Waals surface area contributed by atoms with E-state index in [4.69, 9.17) is 5.73 Å². The third-order valence-corrected chi connectivity index (χ3v) is 3.11. The molecule has 0 saturated carbocycles. The molecule has 2 heterocycles. The highest BCUT2D eigenvalue weighted by atomic mass is 32.1. The second kappa shape index (κ2) is 3.49. The molecule has 0 aliphatic heterocycles. The molecule has 86 valence electrons. The molecule has 2 N–H and O–H groups in total. The predicted octanol–water partition coefficient (Wildman–Crippen LogP) is 2.32. The summed E-state index contributed by atoms with van der Waals surface area (Å²) < 4.78 is 27.7. The lowest BCUT2D eigenvalue weighted by atomic mass is 10.2. The van der Waals surface area contributed by atoms with Gasteiger partial charge in [0.2, 0.25) is 4.96 Å². The van der Waals surface area contributed by atoms with Gasteiger partial charge in [0.05, 0.1) is 5.56 Å². The normalized spacial score (nSPS) is 11.2. The van der Waals surface area contributed by atoms with E-state index < -0.39 is 11.6 Å². The van der Waals surface area contributed by atoms with Crippen LogP contribution in [0.4, 0.5) is 14.6 Å². The molecule has 0 fully saturated rings. The van der Waals surface area contributed by atoms with E-state index in [9.17, 15) is 8.78 Å². The first kappa shape index (κ1) is 10.2. The number of hydrogen-bond acceptors (Lipinski definition) is 4. The first-order valence-corrected chi connectivity index (χ1v) is 5.58. The first-order valence-electron chi connectivity index (χ1n) is 4.70. The van der Waals surface area contributed by atoms with Crippen LogP contribution in [-0.4, -0.2) is 14.6 Å². The number of anilines is 1. The minimum absolute atomic E-state index is 0.154. The van der Waals surface area contributed by atoms with Crippen molar-refractivity contribution in [1.29, 1.82) is 0 Å². The molecule has 1 aromatic carbocycles. The van der Waals surface area contributed by atoms with Gasteiger partial charge < -0.3 is 5.73 Å².